The highest BCUT2D eigenvalue weighted by Gasteiger charge is 2.21. The summed E-state index contributed by atoms with van der Waals surface area (Å²) in [6, 6.07) is 1.50. The molecule has 0 radical (unpaired) electrons. The number of alkyl halides is 2. The Morgan fingerprint density at radius 1 is 1.69 bits per heavy atom. The van der Waals surface area contributed by atoms with E-state index in [0.29, 0.717) is 0 Å². The summed E-state index contributed by atoms with van der Waals surface area (Å²) in [5.74, 6) is -1.26. The van der Waals surface area contributed by atoms with Crippen molar-refractivity contribution >= 4 is 17.6 Å². The zero-order valence-corrected chi connectivity index (χ0v) is 8.50. The van der Waals surface area contributed by atoms with Crippen LogP contribution in [0.1, 0.15) is 23.2 Å². The minimum atomic E-state index is -2.94. The number of aromatic nitrogens is 1. The van der Waals surface area contributed by atoms with E-state index in [1.807, 2.05) is 0 Å². The molecule has 0 unspecified atom stereocenters. The van der Waals surface area contributed by atoms with Gasteiger partial charge in [-0.25, -0.2) is 8.78 Å². The quantitative estimate of drug-likeness (QED) is 0.887. The predicted molar refractivity (Wildman–Crippen MR) is 50.3 cm³/mol. The number of nitriles is 1. The third-order valence-corrected chi connectivity index (χ3v) is 2.14. The number of pyridine rings is 1. The van der Waals surface area contributed by atoms with Crippen LogP contribution < -0.4 is 0 Å². The van der Waals surface area contributed by atoms with Crippen LogP contribution in [0.5, 0.6) is 0 Å². The number of aliphatic carboxylic acids is 1. The molecule has 1 N–H and O–H groups in total. The molecule has 0 aliphatic rings. The summed E-state index contributed by atoms with van der Waals surface area (Å²) in [7, 11) is 0. The molecule has 0 atom stereocenters. The van der Waals surface area contributed by atoms with Crippen molar-refractivity contribution in [1.29, 1.82) is 5.26 Å². The molecule has 1 aromatic rings. The van der Waals surface area contributed by atoms with E-state index in [1.165, 1.54) is 6.07 Å². The third-order valence-electron chi connectivity index (χ3n) is 1.81. The SMILES string of the molecule is N#Cc1c(C(F)F)ncc(Cl)c1CC(=O)O. The molecule has 0 saturated heterocycles. The van der Waals surface area contributed by atoms with E-state index in [0.717, 1.165) is 6.20 Å². The number of rotatable bonds is 3. The van der Waals surface area contributed by atoms with Crippen molar-refractivity contribution in [2.75, 3.05) is 0 Å². The van der Waals surface area contributed by atoms with Gasteiger partial charge in [0.05, 0.1) is 17.0 Å². The summed E-state index contributed by atoms with van der Waals surface area (Å²) in [6.45, 7) is 0. The number of halogens is 3. The van der Waals surface area contributed by atoms with Crippen molar-refractivity contribution in [3.63, 3.8) is 0 Å². The molecule has 1 heterocycles. The van der Waals surface area contributed by atoms with E-state index in [-0.39, 0.29) is 10.6 Å². The highest BCUT2D eigenvalue weighted by Crippen LogP contribution is 2.27. The van der Waals surface area contributed by atoms with Crippen molar-refractivity contribution in [2.45, 2.75) is 12.8 Å². The molecule has 0 amide bonds. The van der Waals surface area contributed by atoms with Gasteiger partial charge in [0.15, 0.2) is 0 Å². The molecule has 7 heteroatoms. The van der Waals surface area contributed by atoms with Gasteiger partial charge in [0, 0.05) is 11.8 Å². The second kappa shape index (κ2) is 4.86. The van der Waals surface area contributed by atoms with E-state index >= 15 is 0 Å². The van der Waals surface area contributed by atoms with Gasteiger partial charge in [-0.1, -0.05) is 11.6 Å². The number of carbonyl (C=O) groups is 1. The van der Waals surface area contributed by atoms with Gasteiger partial charge in [-0.2, -0.15) is 5.26 Å². The van der Waals surface area contributed by atoms with Gasteiger partial charge >= 0.3 is 5.97 Å². The summed E-state index contributed by atoms with van der Waals surface area (Å²) in [4.78, 5) is 13.8. The van der Waals surface area contributed by atoms with Crippen LogP contribution >= 0.6 is 11.6 Å². The number of carboxylic acid groups (broad SMARTS) is 1. The Kier molecular flexibility index (Phi) is 3.74. The molecule has 0 fully saturated rings. The maximum absolute atomic E-state index is 12.5. The van der Waals surface area contributed by atoms with Gasteiger partial charge in [0.1, 0.15) is 11.8 Å². The Hall–Kier alpha value is -1.74. The standard InChI is InChI=1S/C9H5ClF2N2O2/c10-6-3-14-8(9(11)12)5(2-13)4(6)1-7(15)16/h3,9H,1H2,(H,15,16). The lowest BCUT2D eigenvalue weighted by molar-refractivity contribution is -0.136. The molecular formula is C9H5ClF2N2O2. The first-order chi connectivity index (χ1) is 7.47. The first-order valence-corrected chi connectivity index (χ1v) is 4.42. The molecule has 0 aliphatic heterocycles. The largest absolute Gasteiger partial charge is 0.481 e. The van der Waals surface area contributed by atoms with Crippen molar-refractivity contribution in [1.82, 2.24) is 4.98 Å². The lowest BCUT2D eigenvalue weighted by Crippen LogP contribution is -2.07. The molecule has 0 saturated carbocycles. The Morgan fingerprint density at radius 2 is 2.31 bits per heavy atom. The van der Waals surface area contributed by atoms with Crippen LogP contribution in [-0.4, -0.2) is 16.1 Å². The van der Waals surface area contributed by atoms with E-state index in [4.69, 9.17) is 22.0 Å². The monoisotopic (exact) mass is 246 g/mol. The van der Waals surface area contributed by atoms with Crippen LogP contribution in [0.2, 0.25) is 5.02 Å². The zero-order valence-electron chi connectivity index (χ0n) is 7.75. The Morgan fingerprint density at radius 3 is 2.75 bits per heavy atom. The lowest BCUT2D eigenvalue weighted by Gasteiger charge is -2.07. The van der Waals surface area contributed by atoms with Gasteiger partial charge in [-0.3, -0.25) is 9.78 Å². The molecule has 0 bridgehead atoms. The zero-order chi connectivity index (χ0) is 12.3. The van der Waals surface area contributed by atoms with Gasteiger partial charge in [-0.15, -0.1) is 0 Å². The van der Waals surface area contributed by atoms with Crippen molar-refractivity contribution < 1.29 is 18.7 Å². The summed E-state index contributed by atoms with van der Waals surface area (Å²) in [6.07, 6.45) is -2.62. The van der Waals surface area contributed by atoms with E-state index in [1.54, 1.807) is 0 Å². The number of hydrogen-bond donors (Lipinski definition) is 1. The topological polar surface area (TPSA) is 74.0 Å². The maximum atomic E-state index is 12.5. The second-order valence-electron chi connectivity index (χ2n) is 2.83. The molecule has 0 aliphatic carbocycles. The Labute approximate surface area is 94.1 Å². The highest BCUT2D eigenvalue weighted by molar-refractivity contribution is 6.31. The van der Waals surface area contributed by atoms with Crippen molar-refractivity contribution in [2.24, 2.45) is 0 Å². The van der Waals surface area contributed by atoms with Crippen LogP contribution in [0.25, 0.3) is 0 Å². The van der Waals surface area contributed by atoms with Gasteiger partial charge in [-0.05, 0) is 0 Å². The van der Waals surface area contributed by atoms with Crippen molar-refractivity contribution in [3.8, 4) is 6.07 Å². The highest BCUT2D eigenvalue weighted by atomic mass is 35.5. The third kappa shape index (κ3) is 2.44. The summed E-state index contributed by atoms with van der Waals surface area (Å²) < 4.78 is 24.9. The molecule has 16 heavy (non-hydrogen) atoms. The molecule has 1 aromatic heterocycles. The Bertz CT molecular complexity index is 471. The molecule has 0 spiro atoms. The van der Waals surface area contributed by atoms with Gasteiger partial charge < -0.3 is 5.11 Å². The molecular weight excluding hydrogens is 242 g/mol. The van der Waals surface area contributed by atoms with Crippen LogP contribution in [0.15, 0.2) is 6.20 Å². The van der Waals surface area contributed by atoms with E-state index < -0.39 is 30.1 Å². The Balaban J connectivity index is 3.39. The van der Waals surface area contributed by atoms with Crippen LogP contribution in [-0.2, 0) is 11.2 Å². The van der Waals surface area contributed by atoms with Crippen LogP contribution in [0.4, 0.5) is 8.78 Å². The normalized spacial score (nSPS) is 10.2. The van der Waals surface area contributed by atoms with Gasteiger partial charge in [0.25, 0.3) is 6.43 Å². The van der Waals surface area contributed by atoms with E-state index in [9.17, 15) is 13.6 Å². The molecule has 4 nitrogen and oxygen atoms in total. The smallest absolute Gasteiger partial charge is 0.307 e. The van der Waals surface area contributed by atoms with Crippen LogP contribution in [0.3, 0.4) is 0 Å². The number of hydrogen-bond acceptors (Lipinski definition) is 3. The fourth-order valence-corrected chi connectivity index (χ4v) is 1.37. The second-order valence-corrected chi connectivity index (χ2v) is 3.24. The average Bonchev–Trinajstić information content (AvgIpc) is 2.19. The minimum Gasteiger partial charge on any atom is -0.481 e. The maximum Gasteiger partial charge on any atom is 0.307 e. The lowest BCUT2D eigenvalue weighted by atomic mass is 10.0. The summed E-state index contributed by atoms with van der Waals surface area (Å²) in [5.41, 5.74) is -1.35. The predicted octanol–water partition coefficient (Wildman–Crippen LogP) is 2.17. The molecule has 84 valence electrons. The van der Waals surface area contributed by atoms with Crippen LogP contribution in [0, 0.1) is 11.3 Å². The first-order valence-electron chi connectivity index (χ1n) is 4.04. The summed E-state index contributed by atoms with van der Waals surface area (Å²) >= 11 is 5.61. The molecule has 1 rings (SSSR count). The fraction of sp³-hybridized carbons (Fsp3) is 0.222. The summed E-state index contributed by atoms with van der Waals surface area (Å²) in [5, 5.41) is 17.2. The van der Waals surface area contributed by atoms with E-state index in [2.05, 4.69) is 4.98 Å². The van der Waals surface area contributed by atoms with Gasteiger partial charge in [0.2, 0.25) is 0 Å². The number of nitrogens with zero attached hydrogens (tertiary/aromatic N) is 2. The minimum absolute atomic E-state index is 0.108. The fourth-order valence-electron chi connectivity index (χ4n) is 1.16. The first kappa shape index (κ1) is 12.3. The molecule has 0 aromatic carbocycles. The van der Waals surface area contributed by atoms with Crippen molar-refractivity contribution in [3.05, 3.63) is 28.0 Å². The average molecular weight is 247 g/mol. The number of carboxylic acids is 1.